The van der Waals surface area contributed by atoms with Crippen LogP contribution in [0, 0.1) is 11.8 Å². The number of carbonyl (C=O) groups excluding carboxylic acids is 3. The van der Waals surface area contributed by atoms with E-state index in [2.05, 4.69) is 10.1 Å². The van der Waals surface area contributed by atoms with Crippen molar-refractivity contribution in [3.05, 3.63) is 0 Å². The number of nitrogens with one attached hydrogen (secondary N) is 1. The number of hydrogen-bond acceptors (Lipinski definition) is 4. The molecule has 0 aromatic rings. The third-order valence-electron chi connectivity index (χ3n) is 2.34. The summed E-state index contributed by atoms with van der Waals surface area (Å²) in [7, 11) is 1.23. The smallest absolute Gasteiger partial charge is 0.318 e. The molecular weight excluding hydrogens is 210 g/mol. The second-order valence-electron chi connectivity index (χ2n) is 4.08. The number of ether oxygens (including phenoxy) is 1. The lowest BCUT2D eigenvalue weighted by Gasteiger charge is -2.27. The Morgan fingerprint density at radius 2 is 1.62 bits per heavy atom. The second kappa shape index (κ2) is 6.25. The molecule has 92 valence electrons. The van der Waals surface area contributed by atoms with Crippen molar-refractivity contribution >= 4 is 17.7 Å². The molecule has 0 heterocycles. The summed E-state index contributed by atoms with van der Waals surface area (Å²) in [5.74, 6) is -2.15. The lowest BCUT2D eigenvalue weighted by atomic mass is 9.87. The maximum absolute atomic E-state index is 11.5. The van der Waals surface area contributed by atoms with Crippen LogP contribution in [0.1, 0.15) is 27.7 Å². The zero-order valence-corrected chi connectivity index (χ0v) is 10.4. The summed E-state index contributed by atoms with van der Waals surface area (Å²) in [4.78, 5) is 33.9. The van der Waals surface area contributed by atoms with E-state index in [0.29, 0.717) is 0 Å². The number of hydrogen-bond donors (Lipinski definition) is 1. The van der Waals surface area contributed by atoms with Crippen LogP contribution < -0.4 is 5.32 Å². The van der Waals surface area contributed by atoms with Gasteiger partial charge in [-0.2, -0.15) is 0 Å². The fourth-order valence-corrected chi connectivity index (χ4v) is 1.56. The van der Waals surface area contributed by atoms with E-state index >= 15 is 0 Å². The van der Waals surface area contributed by atoms with Crippen molar-refractivity contribution in [3.8, 4) is 0 Å². The minimum atomic E-state index is -0.936. The van der Waals surface area contributed by atoms with Gasteiger partial charge in [-0.3, -0.25) is 14.4 Å². The van der Waals surface area contributed by atoms with Crippen molar-refractivity contribution in [2.24, 2.45) is 11.8 Å². The molecule has 16 heavy (non-hydrogen) atoms. The zero-order valence-electron chi connectivity index (χ0n) is 10.4. The lowest BCUT2D eigenvalue weighted by Crippen LogP contribution is -2.48. The maximum atomic E-state index is 11.5. The van der Waals surface area contributed by atoms with Gasteiger partial charge in [0.25, 0.3) is 0 Å². The van der Waals surface area contributed by atoms with E-state index in [1.54, 1.807) is 0 Å². The summed E-state index contributed by atoms with van der Waals surface area (Å²) in [6, 6.07) is -0.526. The molecular formula is C11H19NO4. The van der Waals surface area contributed by atoms with Crippen molar-refractivity contribution in [1.82, 2.24) is 5.32 Å². The fraction of sp³-hybridized carbons (Fsp3) is 0.727. The first kappa shape index (κ1) is 14.6. The molecule has 1 N–H and O–H groups in total. The SMILES string of the molecule is COC(=O)C(C(C)=O)C(NC(C)=O)C(C)C. The van der Waals surface area contributed by atoms with Gasteiger partial charge >= 0.3 is 5.97 Å². The van der Waals surface area contributed by atoms with Gasteiger partial charge in [0.15, 0.2) is 0 Å². The van der Waals surface area contributed by atoms with Crippen molar-refractivity contribution in [2.75, 3.05) is 7.11 Å². The Kier molecular flexibility index (Phi) is 5.71. The molecule has 0 aliphatic rings. The van der Waals surface area contributed by atoms with Gasteiger partial charge in [0.2, 0.25) is 5.91 Å². The van der Waals surface area contributed by atoms with E-state index in [1.165, 1.54) is 21.0 Å². The van der Waals surface area contributed by atoms with Crippen LogP contribution in [0.15, 0.2) is 0 Å². The monoisotopic (exact) mass is 229 g/mol. The highest BCUT2D eigenvalue weighted by atomic mass is 16.5. The predicted octanol–water partition coefficient (Wildman–Crippen LogP) is 0.525. The lowest BCUT2D eigenvalue weighted by molar-refractivity contribution is -0.150. The molecule has 0 aromatic heterocycles. The van der Waals surface area contributed by atoms with Crippen LogP contribution in [0.25, 0.3) is 0 Å². The van der Waals surface area contributed by atoms with Crippen LogP contribution in [0.4, 0.5) is 0 Å². The molecule has 0 radical (unpaired) electrons. The van der Waals surface area contributed by atoms with Crippen molar-refractivity contribution in [2.45, 2.75) is 33.7 Å². The Morgan fingerprint density at radius 3 is 1.88 bits per heavy atom. The first-order chi connectivity index (χ1) is 7.31. The highest BCUT2D eigenvalue weighted by molar-refractivity contribution is 5.99. The fourth-order valence-electron chi connectivity index (χ4n) is 1.56. The maximum Gasteiger partial charge on any atom is 0.318 e. The van der Waals surface area contributed by atoms with E-state index in [1.807, 2.05) is 13.8 Å². The summed E-state index contributed by atoms with van der Waals surface area (Å²) in [5, 5.41) is 2.62. The van der Waals surface area contributed by atoms with E-state index in [-0.39, 0.29) is 17.6 Å². The molecule has 0 saturated heterocycles. The molecule has 0 bridgehead atoms. The number of amides is 1. The topological polar surface area (TPSA) is 72.5 Å². The van der Waals surface area contributed by atoms with Crippen LogP contribution in [0.5, 0.6) is 0 Å². The first-order valence-electron chi connectivity index (χ1n) is 5.16. The molecule has 0 spiro atoms. The summed E-state index contributed by atoms with van der Waals surface area (Å²) in [6.45, 7) is 6.33. The van der Waals surface area contributed by atoms with Crippen LogP contribution >= 0.6 is 0 Å². The summed E-state index contributed by atoms with van der Waals surface area (Å²) >= 11 is 0. The second-order valence-corrected chi connectivity index (χ2v) is 4.08. The molecule has 0 aliphatic heterocycles. The first-order valence-corrected chi connectivity index (χ1v) is 5.16. The number of carbonyl (C=O) groups is 3. The van der Waals surface area contributed by atoms with Gasteiger partial charge in [-0.05, 0) is 12.8 Å². The summed E-state index contributed by atoms with van der Waals surface area (Å²) < 4.78 is 4.58. The molecule has 5 nitrogen and oxygen atoms in total. The number of Topliss-reactive ketones (excluding diaryl/α,β-unsaturated/α-hetero) is 1. The van der Waals surface area contributed by atoms with Gasteiger partial charge < -0.3 is 10.1 Å². The minimum absolute atomic E-state index is 0.0306. The zero-order chi connectivity index (χ0) is 12.9. The molecule has 0 saturated carbocycles. The number of esters is 1. The average Bonchev–Trinajstić information content (AvgIpc) is 2.14. The Morgan fingerprint density at radius 1 is 1.12 bits per heavy atom. The Labute approximate surface area is 95.5 Å². The molecule has 0 aromatic carbocycles. The summed E-state index contributed by atoms with van der Waals surface area (Å²) in [5.41, 5.74) is 0. The number of ketones is 1. The van der Waals surface area contributed by atoms with E-state index in [9.17, 15) is 14.4 Å². The third-order valence-corrected chi connectivity index (χ3v) is 2.34. The number of rotatable bonds is 5. The van der Waals surface area contributed by atoms with E-state index < -0.39 is 17.9 Å². The Bertz CT molecular complexity index is 286. The molecule has 2 atom stereocenters. The normalized spacial score (nSPS) is 14.1. The van der Waals surface area contributed by atoms with Gasteiger partial charge in [-0.1, -0.05) is 13.8 Å². The largest absolute Gasteiger partial charge is 0.468 e. The van der Waals surface area contributed by atoms with E-state index in [0.717, 1.165) is 0 Å². The van der Waals surface area contributed by atoms with Gasteiger partial charge in [-0.15, -0.1) is 0 Å². The third kappa shape index (κ3) is 4.00. The van der Waals surface area contributed by atoms with Crippen molar-refractivity contribution in [1.29, 1.82) is 0 Å². The van der Waals surface area contributed by atoms with Gasteiger partial charge in [-0.25, -0.2) is 0 Å². The van der Waals surface area contributed by atoms with Crippen molar-refractivity contribution < 1.29 is 19.1 Å². The molecule has 0 fully saturated rings. The highest BCUT2D eigenvalue weighted by Gasteiger charge is 2.35. The Hall–Kier alpha value is -1.39. The van der Waals surface area contributed by atoms with Crippen LogP contribution in [-0.4, -0.2) is 30.8 Å². The van der Waals surface area contributed by atoms with Gasteiger partial charge in [0, 0.05) is 6.92 Å². The summed E-state index contributed by atoms with van der Waals surface area (Å²) in [6.07, 6.45) is 0. The van der Waals surface area contributed by atoms with Crippen molar-refractivity contribution in [3.63, 3.8) is 0 Å². The van der Waals surface area contributed by atoms with Crippen LogP contribution in [0.2, 0.25) is 0 Å². The number of methoxy groups -OCH3 is 1. The molecule has 0 rings (SSSR count). The Balaban J connectivity index is 5.02. The van der Waals surface area contributed by atoms with Gasteiger partial charge in [0.1, 0.15) is 11.7 Å². The molecule has 5 heteroatoms. The standard InChI is InChI=1S/C11H19NO4/c1-6(2)10(12-8(4)14)9(7(3)13)11(15)16-5/h6,9-10H,1-5H3,(H,12,14). The quantitative estimate of drug-likeness (QED) is 0.551. The molecule has 0 aliphatic carbocycles. The van der Waals surface area contributed by atoms with E-state index in [4.69, 9.17) is 0 Å². The van der Waals surface area contributed by atoms with Crippen LogP contribution in [0.3, 0.4) is 0 Å². The molecule has 2 unspecified atom stereocenters. The highest BCUT2D eigenvalue weighted by Crippen LogP contribution is 2.16. The average molecular weight is 229 g/mol. The van der Waals surface area contributed by atoms with Gasteiger partial charge in [0.05, 0.1) is 13.2 Å². The predicted molar refractivity (Wildman–Crippen MR) is 58.6 cm³/mol. The minimum Gasteiger partial charge on any atom is -0.468 e. The molecule has 1 amide bonds. The van der Waals surface area contributed by atoms with Crippen LogP contribution in [-0.2, 0) is 19.1 Å².